The van der Waals surface area contributed by atoms with Gasteiger partial charge >= 0.3 is 0 Å². The van der Waals surface area contributed by atoms with Crippen molar-refractivity contribution >= 4 is 0 Å². The van der Waals surface area contributed by atoms with Crippen LogP contribution in [0, 0.1) is 11.8 Å². The van der Waals surface area contributed by atoms with Crippen molar-refractivity contribution in [3.8, 4) is 0 Å². The van der Waals surface area contributed by atoms with Crippen LogP contribution < -0.4 is 5.32 Å². The molecule has 1 saturated heterocycles. The molecule has 1 fully saturated rings. The second-order valence-electron chi connectivity index (χ2n) is 7.80. The Morgan fingerprint density at radius 2 is 1.81 bits per heavy atom. The minimum absolute atomic E-state index is 0.168. The summed E-state index contributed by atoms with van der Waals surface area (Å²) in [6.07, 6.45) is 1.32. The van der Waals surface area contributed by atoms with Gasteiger partial charge in [0.25, 0.3) is 0 Å². The largest absolute Gasteiger partial charge is 0.310 e. The second kappa shape index (κ2) is 6.93. The maximum Gasteiger partial charge on any atom is 0.0472 e. The molecule has 1 aromatic carbocycles. The number of hydrogen-bond donors (Lipinski definition) is 1. The van der Waals surface area contributed by atoms with Crippen molar-refractivity contribution in [1.29, 1.82) is 0 Å². The van der Waals surface area contributed by atoms with E-state index in [1.54, 1.807) is 0 Å². The van der Waals surface area contributed by atoms with Gasteiger partial charge in [-0.15, -0.1) is 0 Å². The van der Waals surface area contributed by atoms with Crippen molar-refractivity contribution in [3.05, 3.63) is 35.9 Å². The number of rotatable bonds is 4. The van der Waals surface area contributed by atoms with Crippen molar-refractivity contribution < 1.29 is 0 Å². The van der Waals surface area contributed by atoms with Crippen LogP contribution in [0.3, 0.4) is 0 Å². The molecule has 1 aliphatic rings. The Morgan fingerprint density at radius 3 is 2.38 bits per heavy atom. The molecule has 21 heavy (non-hydrogen) atoms. The zero-order chi connectivity index (χ0) is 15.5. The van der Waals surface area contributed by atoms with Gasteiger partial charge in [0.1, 0.15) is 0 Å². The maximum absolute atomic E-state index is 3.70. The molecule has 0 bridgehead atoms. The average molecular weight is 288 g/mol. The van der Waals surface area contributed by atoms with E-state index in [2.05, 4.69) is 75.2 Å². The van der Waals surface area contributed by atoms with E-state index in [0.29, 0.717) is 6.04 Å². The van der Waals surface area contributed by atoms with Crippen LogP contribution in [-0.4, -0.2) is 30.1 Å². The summed E-state index contributed by atoms with van der Waals surface area (Å²) in [6.45, 7) is 15.0. The molecule has 118 valence electrons. The number of piperidine rings is 1. The average Bonchev–Trinajstić information content (AvgIpc) is 2.43. The van der Waals surface area contributed by atoms with Crippen molar-refractivity contribution in [3.63, 3.8) is 0 Å². The SMILES string of the molecule is CC1CCN(C(CNC(C)(C)C)c2ccccc2)CC1C. The van der Waals surface area contributed by atoms with E-state index in [1.807, 2.05) is 0 Å². The molecule has 3 atom stereocenters. The topological polar surface area (TPSA) is 15.3 Å². The van der Waals surface area contributed by atoms with Gasteiger partial charge in [-0.2, -0.15) is 0 Å². The molecule has 2 heteroatoms. The summed E-state index contributed by atoms with van der Waals surface area (Å²) < 4.78 is 0. The van der Waals surface area contributed by atoms with Crippen LogP contribution in [0.1, 0.15) is 52.6 Å². The summed E-state index contributed by atoms with van der Waals surface area (Å²) in [5.74, 6) is 1.65. The highest BCUT2D eigenvalue weighted by molar-refractivity contribution is 5.20. The lowest BCUT2D eigenvalue weighted by Gasteiger charge is -2.41. The van der Waals surface area contributed by atoms with Crippen LogP contribution in [0.5, 0.6) is 0 Å². The lowest BCUT2D eigenvalue weighted by atomic mass is 9.87. The highest BCUT2D eigenvalue weighted by Crippen LogP contribution is 2.29. The minimum atomic E-state index is 0.168. The third kappa shape index (κ3) is 4.82. The number of likely N-dealkylation sites (tertiary alicyclic amines) is 1. The molecular formula is C19H32N2. The minimum Gasteiger partial charge on any atom is -0.310 e. The zero-order valence-electron chi connectivity index (χ0n) is 14.4. The summed E-state index contributed by atoms with van der Waals surface area (Å²) in [4.78, 5) is 2.68. The van der Waals surface area contributed by atoms with E-state index in [4.69, 9.17) is 0 Å². The van der Waals surface area contributed by atoms with Crippen LogP contribution >= 0.6 is 0 Å². The van der Waals surface area contributed by atoms with E-state index in [-0.39, 0.29) is 5.54 Å². The summed E-state index contributed by atoms with van der Waals surface area (Å²) in [6, 6.07) is 11.5. The molecule has 0 aliphatic carbocycles. The second-order valence-corrected chi connectivity index (χ2v) is 7.80. The van der Waals surface area contributed by atoms with Gasteiger partial charge in [0.2, 0.25) is 0 Å². The molecule has 3 unspecified atom stereocenters. The first-order valence-electron chi connectivity index (χ1n) is 8.41. The Labute approximate surface area is 130 Å². The fraction of sp³-hybridized carbons (Fsp3) is 0.684. The number of hydrogen-bond acceptors (Lipinski definition) is 2. The monoisotopic (exact) mass is 288 g/mol. The Bertz CT molecular complexity index is 421. The van der Waals surface area contributed by atoms with E-state index in [1.165, 1.54) is 25.1 Å². The van der Waals surface area contributed by atoms with E-state index in [0.717, 1.165) is 18.4 Å². The quantitative estimate of drug-likeness (QED) is 0.897. The summed E-state index contributed by atoms with van der Waals surface area (Å²) in [5.41, 5.74) is 1.61. The first kappa shape index (κ1) is 16.5. The van der Waals surface area contributed by atoms with Gasteiger partial charge < -0.3 is 5.32 Å². The van der Waals surface area contributed by atoms with Crippen LogP contribution in [0.4, 0.5) is 0 Å². The standard InChI is InChI=1S/C19H32N2/c1-15-11-12-21(14-16(15)2)18(13-20-19(3,4)5)17-9-7-6-8-10-17/h6-10,15-16,18,20H,11-14H2,1-5H3. The normalized spacial score (nSPS) is 25.8. The number of nitrogens with one attached hydrogen (secondary N) is 1. The zero-order valence-corrected chi connectivity index (χ0v) is 14.4. The van der Waals surface area contributed by atoms with Crippen LogP contribution in [0.15, 0.2) is 30.3 Å². The third-order valence-corrected chi connectivity index (χ3v) is 4.82. The molecule has 0 amide bonds. The summed E-state index contributed by atoms with van der Waals surface area (Å²) in [5, 5.41) is 3.70. The molecule has 1 N–H and O–H groups in total. The van der Waals surface area contributed by atoms with Gasteiger partial charge in [-0.1, -0.05) is 44.2 Å². The lowest BCUT2D eigenvalue weighted by molar-refractivity contribution is 0.0910. The summed E-state index contributed by atoms with van der Waals surface area (Å²) in [7, 11) is 0. The molecule has 2 nitrogen and oxygen atoms in total. The fourth-order valence-corrected chi connectivity index (χ4v) is 3.11. The predicted molar refractivity (Wildman–Crippen MR) is 91.5 cm³/mol. The van der Waals surface area contributed by atoms with E-state index < -0.39 is 0 Å². The Balaban J connectivity index is 2.12. The Kier molecular flexibility index (Phi) is 5.45. The first-order chi connectivity index (χ1) is 9.87. The van der Waals surface area contributed by atoms with Crippen molar-refractivity contribution in [2.75, 3.05) is 19.6 Å². The summed E-state index contributed by atoms with van der Waals surface area (Å²) >= 11 is 0. The van der Waals surface area contributed by atoms with Crippen LogP contribution in [0.2, 0.25) is 0 Å². The molecule has 0 spiro atoms. The molecule has 2 rings (SSSR count). The smallest absolute Gasteiger partial charge is 0.0472 e. The molecule has 0 aromatic heterocycles. The Morgan fingerprint density at radius 1 is 1.14 bits per heavy atom. The first-order valence-corrected chi connectivity index (χ1v) is 8.41. The van der Waals surface area contributed by atoms with Crippen molar-refractivity contribution in [2.45, 2.75) is 52.6 Å². The fourth-order valence-electron chi connectivity index (χ4n) is 3.11. The number of nitrogens with zero attached hydrogens (tertiary/aromatic N) is 1. The highest BCUT2D eigenvalue weighted by atomic mass is 15.2. The molecule has 1 aliphatic heterocycles. The molecular weight excluding hydrogens is 256 g/mol. The predicted octanol–water partition coefficient (Wildman–Crippen LogP) is 4.09. The third-order valence-electron chi connectivity index (χ3n) is 4.82. The van der Waals surface area contributed by atoms with Crippen molar-refractivity contribution in [2.24, 2.45) is 11.8 Å². The molecule has 0 radical (unpaired) electrons. The van der Waals surface area contributed by atoms with Crippen LogP contribution in [-0.2, 0) is 0 Å². The molecule has 1 heterocycles. The number of benzene rings is 1. The molecule has 0 saturated carbocycles. The van der Waals surface area contributed by atoms with Gasteiger partial charge in [-0.25, -0.2) is 0 Å². The maximum atomic E-state index is 3.70. The lowest BCUT2D eigenvalue weighted by Crippen LogP contribution is -2.47. The molecule has 1 aromatic rings. The van der Waals surface area contributed by atoms with Gasteiger partial charge in [-0.3, -0.25) is 4.90 Å². The van der Waals surface area contributed by atoms with E-state index >= 15 is 0 Å². The van der Waals surface area contributed by atoms with E-state index in [9.17, 15) is 0 Å². The van der Waals surface area contributed by atoms with Gasteiger partial charge in [0.05, 0.1) is 0 Å². The Hall–Kier alpha value is -0.860. The van der Waals surface area contributed by atoms with Crippen LogP contribution in [0.25, 0.3) is 0 Å². The highest BCUT2D eigenvalue weighted by Gasteiger charge is 2.29. The van der Waals surface area contributed by atoms with Gasteiger partial charge in [0, 0.05) is 24.7 Å². The van der Waals surface area contributed by atoms with Gasteiger partial charge in [-0.05, 0) is 51.1 Å². The van der Waals surface area contributed by atoms with Crippen molar-refractivity contribution in [1.82, 2.24) is 10.2 Å². The van der Waals surface area contributed by atoms with Gasteiger partial charge in [0.15, 0.2) is 0 Å².